The quantitative estimate of drug-likeness (QED) is 0.169. The molecule has 20 atom stereocenters. The molecule has 21 heteroatoms. The molecule has 0 aliphatic carbocycles. The molecule has 2 saturated heterocycles. The van der Waals surface area contributed by atoms with Gasteiger partial charge < -0.3 is 85.8 Å². The molecular weight excluding hydrogens is 1000 g/mol. The molecule has 430 valence electrons. The number of nitrogens with one attached hydrogen (secondary N) is 1. The van der Waals surface area contributed by atoms with Gasteiger partial charge in [-0.2, -0.15) is 0 Å². The fourth-order valence-corrected chi connectivity index (χ4v) is 9.37. The molecule has 0 aromatic carbocycles. The first-order chi connectivity index (χ1) is 36.5. The largest absolute Gasteiger partial charge is 0.469 e. The van der Waals surface area contributed by atoms with Crippen molar-refractivity contribution in [1.29, 1.82) is 0 Å². The Hall–Kier alpha value is -4.82. The van der Waals surface area contributed by atoms with E-state index < -0.39 is 159 Å². The number of allylic oxidation sites excluding steroid dienone is 12. The molecule has 13 N–H and O–H groups in total. The Morgan fingerprint density at radius 1 is 0.753 bits per heavy atom. The van der Waals surface area contributed by atoms with Gasteiger partial charge in [-0.25, -0.2) is 0 Å². The van der Waals surface area contributed by atoms with Gasteiger partial charge in [-0.1, -0.05) is 105 Å². The van der Waals surface area contributed by atoms with Crippen LogP contribution in [-0.4, -0.2) is 185 Å². The van der Waals surface area contributed by atoms with Gasteiger partial charge in [0.1, 0.15) is 24.2 Å². The second-order valence-electron chi connectivity index (χ2n) is 20.4. The summed E-state index contributed by atoms with van der Waals surface area (Å²) in [5.74, 6) is -6.85. The van der Waals surface area contributed by atoms with Crippen LogP contribution < -0.4 is 11.1 Å². The summed E-state index contributed by atoms with van der Waals surface area (Å²) < 4.78 is 28.9. The molecule has 4 heterocycles. The van der Waals surface area contributed by atoms with E-state index >= 15 is 0 Å². The highest BCUT2D eigenvalue weighted by atomic mass is 16.7. The third kappa shape index (κ3) is 21.4. The van der Waals surface area contributed by atoms with Crippen molar-refractivity contribution in [2.24, 2.45) is 23.5 Å². The molecule has 0 spiro atoms. The Morgan fingerprint density at radius 3 is 1.99 bits per heavy atom. The molecule has 4 rings (SSSR count). The van der Waals surface area contributed by atoms with Gasteiger partial charge in [0.2, 0.25) is 5.91 Å². The van der Waals surface area contributed by atoms with Crippen LogP contribution in [0.1, 0.15) is 84.6 Å². The fourth-order valence-electron chi connectivity index (χ4n) is 9.37. The number of hydrogen-bond donors (Lipinski definition) is 12. The molecule has 21 nitrogen and oxygen atoms in total. The van der Waals surface area contributed by atoms with Crippen molar-refractivity contribution in [2.45, 2.75) is 189 Å². The van der Waals surface area contributed by atoms with E-state index in [1.54, 1.807) is 111 Å². The van der Waals surface area contributed by atoms with E-state index in [0.717, 1.165) is 7.11 Å². The lowest BCUT2D eigenvalue weighted by atomic mass is 9.82. The van der Waals surface area contributed by atoms with Crippen LogP contribution in [0.3, 0.4) is 0 Å². The van der Waals surface area contributed by atoms with Gasteiger partial charge in [-0.05, 0) is 51.2 Å². The summed E-state index contributed by atoms with van der Waals surface area (Å²) in [5, 5.41) is 114. The van der Waals surface area contributed by atoms with Crippen molar-refractivity contribution >= 4 is 17.8 Å². The summed E-state index contributed by atoms with van der Waals surface area (Å²) in [6.45, 7) is 6.71. The van der Waals surface area contributed by atoms with Crippen LogP contribution in [0.15, 0.2) is 110 Å². The summed E-state index contributed by atoms with van der Waals surface area (Å²) in [7, 11) is 1.10. The van der Waals surface area contributed by atoms with Crippen molar-refractivity contribution in [3.63, 3.8) is 0 Å². The van der Waals surface area contributed by atoms with Gasteiger partial charge in [0.25, 0.3) is 0 Å². The number of esters is 2. The number of carbonyl (C=O) groups excluding carboxylic acids is 3. The van der Waals surface area contributed by atoms with Crippen LogP contribution in [0, 0.1) is 17.8 Å². The average molecular weight is 1090 g/mol. The summed E-state index contributed by atoms with van der Waals surface area (Å²) in [6, 6.07) is 1.01. The summed E-state index contributed by atoms with van der Waals surface area (Å²) >= 11 is 0. The number of aliphatic hydroxyl groups excluding tert-OH is 9. The maximum atomic E-state index is 13.3. The van der Waals surface area contributed by atoms with Crippen molar-refractivity contribution in [3.8, 4) is 0 Å². The zero-order chi connectivity index (χ0) is 56.8. The minimum atomic E-state index is -2.34. The van der Waals surface area contributed by atoms with Gasteiger partial charge in [0.05, 0.1) is 86.7 Å². The van der Waals surface area contributed by atoms with Crippen molar-refractivity contribution < 1.29 is 89.1 Å². The van der Waals surface area contributed by atoms with Crippen LogP contribution in [0.2, 0.25) is 0 Å². The lowest BCUT2D eigenvalue weighted by Crippen LogP contribution is -2.65. The van der Waals surface area contributed by atoms with Crippen LogP contribution in [0.4, 0.5) is 0 Å². The van der Waals surface area contributed by atoms with Gasteiger partial charge in [-0.15, -0.1) is 0 Å². The molecule has 77 heavy (non-hydrogen) atoms. The molecular formula is C56H83N3O18. The topological polar surface area (TPSA) is 351 Å². The Kier molecular flexibility index (Phi) is 27.1. The third-order valence-corrected chi connectivity index (χ3v) is 14.0. The Bertz CT molecular complexity index is 2170. The number of carbonyl (C=O) groups is 3. The average Bonchev–Trinajstić information content (AvgIpc) is 3.37. The number of amides is 1. The molecule has 1 aromatic heterocycles. The SMILES string of the molecule is COC(=O)[C@H]1[C@@H]2C[C@@H](O[C@@H]3O[C@@H](C)[C@@H](O)[C@H](NC(=O)[C@H](N)Cc4cccnc4)[C@@H]3O)/C=C/C=C/C=C/C=C/C=C/C=C/C=C/[C@H](C)[C@@H](O)[C@@H](C)[C@H](C)OC(=O)C[C@H](O)C[C@H](O)CC[C@@H](O)[C@H](O)C[C@H](O)C[C@](O)(C[C@@H]1O)O2. The van der Waals surface area contributed by atoms with Gasteiger partial charge in [0.15, 0.2) is 12.1 Å². The van der Waals surface area contributed by atoms with Gasteiger partial charge >= 0.3 is 11.9 Å². The molecule has 3 aliphatic heterocycles. The number of methoxy groups -OCH3 is 1. The molecule has 0 unspecified atom stereocenters. The zero-order valence-electron chi connectivity index (χ0n) is 44.5. The molecule has 1 amide bonds. The number of rotatable bonds is 7. The van der Waals surface area contributed by atoms with Crippen molar-refractivity contribution in [2.75, 3.05) is 7.11 Å². The molecule has 0 saturated carbocycles. The minimum absolute atomic E-state index is 0.107. The third-order valence-electron chi connectivity index (χ3n) is 14.0. The van der Waals surface area contributed by atoms with E-state index in [2.05, 4.69) is 10.3 Å². The monoisotopic (exact) mass is 1090 g/mol. The van der Waals surface area contributed by atoms with Crippen LogP contribution >= 0.6 is 0 Å². The summed E-state index contributed by atoms with van der Waals surface area (Å²) in [6.07, 6.45) is 5.90. The van der Waals surface area contributed by atoms with E-state index in [0.29, 0.717) is 5.56 Å². The first-order valence-electron chi connectivity index (χ1n) is 26.3. The van der Waals surface area contributed by atoms with Gasteiger partial charge in [-0.3, -0.25) is 19.4 Å². The predicted octanol–water partition coefficient (Wildman–Crippen LogP) is 0.923. The number of nitrogens with zero attached hydrogens (tertiary/aromatic N) is 1. The lowest BCUT2D eigenvalue weighted by Gasteiger charge is -2.46. The molecule has 0 radical (unpaired) electrons. The van der Waals surface area contributed by atoms with Crippen molar-refractivity contribution in [3.05, 3.63) is 115 Å². The number of aliphatic hydroxyl groups is 10. The number of cyclic esters (lactones) is 1. The maximum absolute atomic E-state index is 13.3. The maximum Gasteiger partial charge on any atom is 0.313 e. The smallest absolute Gasteiger partial charge is 0.313 e. The number of ether oxygens (including phenoxy) is 5. The normalized spacial score (nSPS) is 40.5. The van der Waals surface area contributed by atoms with E-state index in [-0.39, 0.29) is 38.0 Å². The summed E-state index contributed by atoms with van der Waals surface area (Å²) in [4.78, 5) is 43.4. The Morgan fingerprint density at radius 2 is 1.38 bits per heavy atom. The second-order valence-corrected chi connectivity index (χ2v) is 20.4. The van der Waals surface area contributed by atoms with Crippen LogP contribution in [0.5, 0.6) is 0 Å². The zero-order valence-corrected chi connectivity index (χ0v) is 44.5. The second kappa shape index (κ2) is 32.3. The Labute approximate surface area is 450 Å². The van der Waals surface area contributed by atoms with E-state index in [9.17, 15) is 65.4 Å². The Balaban J connectivity index is 1.60. The van der Waals surface area contributed by atoms with E-state index in [1.165, 1.54) is 13.0 Å². The van der Waals surface area contributed by atoms with Crippen LogP contribution in [-0.2, 0) is 44.5 Å². The highest BCUT2D eigenvalue weighted by Crippen LogP contribution is 2.39. The number of fused-ring (bicyclic) bond motifs is 2. The number of nitrogens with two attached hydrogens (primary N) is 1. The highest BCUT2D eigenvalue weighted by molar-refractivity contribution is 5.82. The first-order valence-corrected chi connectivity index (χ1v) is 26.3. The van der Waals surface area contributed by atoms with Crippen LogP contribution in [0.25, 0.3) is 0 Å². The standard InChI is InChI=1S/C56H83N3O18/c1-33-19-16-14-12-10-8-6-7-9-11-13-15-17-21-41(76-55-52(69)49(51(68)36(4)75-55)59-53(70)42(57)25-37-20-18-24-58-32-37)29-46-48(54(71)73-5)45(65)31-56(72,77-46)30-40(62)27-44(64)43(63)23-22-38(60)26-39(61)28-47(66)74-35(3)34(2)50(33)67/h6-21,24,32-36,38-46,48-52,55,60-65,67-69,72H,22-23,25-31,57H2,1-5H3,(H,59,70)/b7-6+,10-8+,11-9+,14-12+,15-13+,19-16+,21-17+/t33-,34-,35-,36-,38+,39+,40-,41-,42+,43+,44+,45-,46-,48+,49-,50+,51+,52-,55-,56+/m0/s1. The molecule has 2 bridgehead atoms. The number of hydrogen-bond acceptors (Lipinski definition) is 20. The van der Waals surface area contributed by atoms with E-state index in [4.69, 9.17) is 29.4 Å². The number of aromatic nitrogens is 1. The minimum Gasteiger partial charge on any atom is -0.469 e. The summed E-state index contributed by atoms with van der Waals surface area (Å²) in [5.41, 5.74) is 6.89. The molecule has 1 aromatic rings. The lowest BCUT2D eigenvalue weighted by molar-refractivity contribution is -0.309. The highest BCUT2D eigenvalue weighted by Gasteiger charge is 2.51. The molecule has 3 aliphatic rings. The van der Waals surface area contributed by atoms with Crippen molar-refractivity contribution in [1.82, 2.24) is 10.3 Å². The molecule has 2 fully saturated rings. The number of pyridine rings is 1. The van der Waals surface area contributed by atoms with E-state index in [1.807, 2.05) is 13.0 Å². The van der Waals surface area contributed by atoms with Gasteiger partial charge in [0, 0.05) is 49.9 Å². The first kappa shape index (κ1) is 64.7. The predicted molar refractivity (Wildman–Crippen MR) is 281 cm³/mol. The fraction of sp³-hybridized carbons (Fsp3) is 0.607.